The molecule has 0 fully saturated rings. The minimum Gasteiger partial charge on any atom is -0.477 e. The predicted octanol–water partition coefficient (Wildman–Crippen LogP) is 11.0. The summed E-state index contributed by atoms with van der Waals surface area (Å²) in [5.74, 6) is -1.60. The van der Waals surface area contributed by atoms with Crippen molar-refractivity contribution in [3.05, 3.63) is 85.1 Å². The molecule has 0 aliphatic rings. The Balaban J connectivity index is 4.51. The van der Waals surface area contributed by atoms with Gasteiger partial charge < -0.3 is 23.8 Å². The highest BCUT2D eigenvalue weighted by Crippen LogP contribution is 2.12. The van der Waals surface area contributed by atoms with E-state index in [2.05, 4.69) is 86.8 Å². The van der Waals surface area contributed by atoms with E-state index in [1.807, 2.05) is 33.3 Å². The molecule has 0 saturated carbocycles. The number of rotatable bonds is 35. The van der Waals surface area contributed by atoms with E-state index in [9.17, 15) is 19.5 Å². The number of ether oxygens (including phenoxy) is 3. The number of carboxylic acids is 1. The standard InChI is InChI=1S/C46H75NO7/c1-6-8-10-12-14-16-18-19-20-21-22-23-24-25-27-28-30-32-34-36-44(48)53-41-42(40-52-39-38-43(46(50)51)47(3,4)5)54-45(49)37-35-33-31-29-26-17-15-13-11-9-7-2/h8,10,13-16,19-20,22-23,25,27,30,32,42-43H,6-7,9,11-12,17-18,21,24,26,28-29,31,33-41H2,1-5H3/p+1/b10-8+,15-13+,16-14+,20-19+,23-22+,27-25+,32-30+. The number of allylic oxidation sites excluding steroid dienone is 14. The van der Waals surface area contributed by atoms with Gasteiger partial charge in [-0.25, -0.2) is 4.79 Å². The zero-order valence-electron chi connectivity index (χ0n) is 34.6. The molecule has 0 bridgehead atoms. The van der Waals surface area contributed by atoms with Gasteiger partial charge in [-0.2, -0.15) is 0 Å². The lowest BCUT2D eigenvalue weighted by Crippen LogP contribution is -2.50. The van der Waals surface area contributed by atoms with Gasteiger partial charge in [-0.3, -0.25) is 9.59 Å². The van der Waals surface area contributed by atoms with Crippen molar-refractivity contribution in [2.24, 2.45) is 0 Å². The van der Waals surface area contributed by atoms with Crippen LogP contribution in [0.2, 0.25) is 0 Å². The number of nitrogens with zero attached hydrogens (tertiary/aromatic N) is 1. The quantitative estimate of drug-likeness (QED) is 0.0298. The van der Waals surface area contributed by atoms with E-state index in [0.29, 0.717) is 19.3 Å². The van der Waals surface area contributed by atoms with Crippen molar-refractivity contribution < 1.29 is 38.2 Å². The van der Waals surface area contributed by atoms with Crippen LogP contribution in [-0.2, 0) is 28.6 Å². The first-order valence-electron chi connectivity index (χ1n) is 20.6. The zero-order valence-corrected chi connectivity index (χ0v) is 34.6. The maximum atomic E-state index is 12.6. The number of hydrogen-bond acceptors (Lipinski definition) is 6. The summed E-state index contributed by atoms with van der Waals surface area (Å²) in [6.45, 7) is 4.46. The molecule has 0 saturated heterocycles. The van der Waals surface area contributed by atoms with Crippen LogP contribution in [0.1, 0.15) is 136 Å². The van der Waals surface area contributed by atoms with Crippen LogP contribution in [0.4, 0.5) is 0 Å². The number of hydrogen-bond donors (Lipinski definition) is 1. The summed E-state index contributed by atoms with van der Waals surface area (Å²) in [7, 11) is 5.48. The van der Waals surface area contributed by atoms with Crippen LogP contribution in [0.3, 0.4) is 0 Å². The summed E-state index contributed by atoms with van der Waals surface area (Å²) < 4.78 is 17.1. The van der Waals surface area contributed by atoms with Crippen LogP contribution in [0.25, 0.3) is 0 Å². The molecule has 0 aliphatic carbocycles. The van der Waals surface area contributed by atoms with Crippen LogP contribution in [0.5, 0.6) is 0 Å². The Morgan fingerprint density at radius 3 is 1.61 bits per heavy atom. The van der Waals surface area contributed by atoms with Gasteiger partial charge >= 0.3 is 17.9 Å². The zero-order chi connectivity index (χ0) is 40.0. The number of carbonyl (C=O) groups excluding carboxylic acids is 2. The van der Waals surface area contributed by atoms with E-state index in [1.54, 1.807) is 0 Å². The number of aliphatic carboxylic acids is 1. The third kappa shape index (κ3) is 34.3. The number of carboxylic acid groups (broad SMARTS) is 1. The summed E-state index contributed by atoms with van der Waals surface area (Å²) in [6, 6.07) is -0.630. The molecule has 2 unspecified atom stereocenters. The highest BCUT2D eigenvalue weighted by Gasteiger charge is 2.31. The first-order valence-corrected chi connectivity index (χ1v) is 20.6. The van der Waals surface area contributed by atoms with Crippen molar-refractivity contribution in [2.75, 3.05) is 41.0 Å². The van der Waals surface area contributed by atoms with Crippen molar-refractivity contribution in [3.63, 3.8) is 0 Å². The summed E-state index contributed by atoms with van der Waals surface area (Å²) in [5.41, 5.74) is 0. The highest BCUT2D eigenvalue weighted by atomic mass is 16.6. The molecule has 0 spiro atoms. The molecule has 0 rings (SSSR count). The average Bonchev–Trinajstić information content (AvgIpc) is 3.12. The molecule has 2 atom stereocenters. The molecule has 0 heterocycles. The Morgan fingerprint density at radius 1 is 0.574 bits per heavy atom. The number of unbranched alkanes of at least 4 members (excludes halogenated alkanes) is 7. The number of quaternary nitrogens is 1. The van der Waals surface area contributed by atoms with Crippen LogP contribution < -0.4 is 0 Å². The molecule has 306 valence electrons. The fraction of sp³-hybridized carbons (Fsp3) is 0.630. The third-order valence-electron chi connectivity index (χ3n) is 8.54. The van der Waals surface area contributed by atoms with Gasteiger partial charge in [0.15, 0.2) is 12.1 Å². The molecular formula is C46H76NO7+. The SMILES string of the molecule is CC/C=C/C/C=C/C/C=C/C/C=C/C/C=C/C/C=C/CCC(=O)OCC(COCCC(C(=O)O)[N+](C)(C)C)OC(=O)CCCCCCC/C=C/CCCC. The van der Waals surface area contributed by atoms with Crippen LogP contribution >= 0.6 is 0 Å². The normalized spacial score (nSPS) is 13.9. The molecule has 0 aromatic rings. The first-order chi connectivity index (χ1) is 26.1. The van der Waals surface area contributed by atoms with Gasteiger partial charge in [0.05, 0.1) is 34.4 Å². The van der Waals surface area contributed by atoms with Gasteiger partial charge in [-0.1, -0.05) is 131 Å². The molecule has 8 heteroatoms. The topological polar surface area (TPSA) is 99.1 Å². The predicted molar refractivity (Wildman–Crippen MR) is 224 cm³/mol. The van der Waals surface area contributed by atoms with Crippen LogP contribution in [0.15, 0.2) is 85.1 Å². The average molecular weight is 755 g/mol. The summed E-state index contributed by atoms with van der Waals surface area (Å²) in [4.78, 5) is 36.8. The van der Waals surface area contributed by atoms with Gasteiger partial charge in [-0.15, -0.1) is 0 Å². The largest absolute Gasteiger partial charge is 0.477 e. The maximum absolute atomic E-state index is 12.6. The third-order valence-corrected chi connectivity index (χ3v) is 8.54. The monoisotopic (exact) mass is 755 g/mol. The Hall–Kier alpha value is -3.49. The number of likely N-dealkylation sites (N-methyl/N-ethyl adjacent to an activating group) is 1. The lowest BCUT2D eigenvalue weighted by molar-refractivity contribution is -0.887. The van der Waals surface area contributed by atoms with Gasteiger partial charge in [-0.05, 0) is 70.6 Å². The number of esters is 2. The van der Waals surface area contributed by atoms with Gasteiger partial charge in [0, 0.05) is 19.3 Å². The molecule has 8 nitrogen and oxygen atoms in total. The molecule has 54 heavy (non-hydrogen) atoms. The molecule has 0 amide bonds. The van der Waals surface area contributed by atoms with Crippen molar-refractivity contribution >= 4 is 17.9 Å². The summed E-state index contributed by atoms with van der Waals surface area (Å²) >= 11 is 0. The summed E-state index contributed by atoms with van der Waals surface area (Å²) in [5, 5.41) is 9.59. The van der Waals surface area contributed by atoms with E-state index in [1.165, 1.54) is 12.8 Å². The Morgan fingerprint density at radius 2 is 1.07 bits per heavy atom. The lowest BCUT2D eigenvalue weighted by atomic mass is 10.1. The van der Waals surface area contributed by atoms with Gasteiger partial charge in [0.2, 0.25) is 0 Å². The Bertz CT molecular complexity index is 1160. The van der Waals surface area contributed by atoms with E-state index < -0.39 is 18.1 Å². The van der Waals surface area contributed by atoms with E-state index >= 15 is 0 Å². The van der Waals surface area contributed by atoms with Crippen LogP contribution in [0, 0.1) is 0 Å². The van der Waals surface area contributed by atoms with E-state index in [4.69, 9.17) is 14.2 Å². The lowest BCUT2D eigenvalue weighted by Gasteiger charge is -2.31. The van der Waals surface area contributed by atoms with Crippen molar-refractivity contribution in [3.8, 4) is 0 Å². The van der Waals surface area contributed by atoms with Crippen molar-refractivity contribution in [2.45, 2.75) is 148 Å². The van der Waals surface area contributed by atoms with Gasteiger partial charge in [0.25, 0.3) is 0 Å². The minimum atomic E-state index is -0.890. The second-order valence-corrected chi connectivity index (χ2v) is 14.5. The maximum Gasteiger partial charge on any atom is 0.362 e. The Labute approximate surface area is 329 Å². The molecule has 0 aromatic heterocycles. The Kier molecular flexibility index (Phi) is 34.1. The molecule has 0 radical (unpaired) electrons. The van der Waals surface area contributed by atoms with Crippen molar-refractivity contribution in [1.82, 2.24) is 0 Å². The summed E-state index contributed by atoms with van der Waals surface area (Å²) in [6.07, 6.45) is 46.4. The fourth-order valence-corrected chi connectivity index (χ4v) is 5.33. The van der Waals surface area contributed by atoms with Crippen LogP contribution in [-0.4, -0.2) is 80.6 Å². The molecule has 0 aliphatic heterocycles. The second-order valence-electron chi connectivity index (χ2n) is 14.5. The molecule has 1 N–H and O–H groups in total. The first kappa shape index (κ1) is 50.5. The highest BCUT2D eigenvalue weighted by molar-refractivity contribution is 5.72. The molecule has 0 aromatic carbocycles. The van der Waals surface area contributed by atoms with Crippen molar-refractivity contribution in [1.29, 1.82) is 0 Å². The smallest absolute Gasteiger partial charge is 0.362 e. The second kappa shape index (κ2) is 36.5. The number of carbonyl (C=O) groups is 3. The fourth-order valence-electron chi connectivity index (χ4n) is 5.33. The van der Waals surface area contributed by atoms with E-state index in [-0.39, 0.29) is 42.7 Å². The van der Waals surface area contributed by atoms with E-state index in [0.717, 1.165) is 83.5 Å². The van der Waals surface area contributed by atoms with Gasteiger partial charge in [0.1, 0.15) is 6.61 Å². The minimum absolute atomic E-state index is 0.0292. The molecular weight excluding hydrogens is 679 g/mol.